The summed E-state index contributed by atoms with van der Waals surface area (Å²) >= 11 is 0. The van der Waals surface area contributed by atoms with Gasteiger partial charge in [-0.3, -0.25) is 71.9 Å². The van der Waals surface area contributed by atoms with Crippen molar-refractivity contribution in [2.45, 2.75) is 291 Å². The number of hydrogen-bond donors (Lipinski definition) is 6. The van der Waals surface area contributed by atoms with Gasteiger partial charge in [0.2, 0.25) is 35.4 Å². The molecule has 0 aliphatic carbocycles. The standard InChI is InChI=1S/C72H117N7O30/c1-43(80)76-61-67(104-52(10)89)64(101-49(7)86)55(40-98-46(4)83)107-70(61)95-37-22-16-13-19-28-58(92)74-33-25-31-73-32-26-35-79(60(94)30-21-15-18-24-39-97-72-63(78-45(3)82)69(106-54(12)91)66(103-51(9)88)57(109-72)42-100-48(6)85)36-27-34-75-59(93)29-20-14-17-23-38-96-71-62(77-44(2)81)68(105-53(11)90)65(102-50(8)87)56(108-71)41-99-47(5)84/h55-57,61-73H,13-42H2,1-12H3,(H,74,92)(H,75,93)(H,76,80)(H,77,81)(H,78,82)/t55?,56?,57?,61?,62?,63?,64-,65-,66-,67?,68?,69?,70+,71+,72+/m0/s1. The summed E-state index contributed by atoms with van der Waals surface area (Å²) in [7, 11) is 0. The quantitative estimate of drug-likeness (QED) is 0.0287. The van der Waals surface area contributed by atoms with Crippen LogP contribution in [0.3, 0.4) is 0 Å². The molecule has 109 heavy (non-hydrogen) atoms. The maximum atomic E-state index is 13.9. The first kappa shape index (κ1) is 95.0. The monoisotopic (exact) mass is 1560 g/mol. The van der Waals surface area contributed by atoms with E-state index in [2.05, 4.69) is 31.9 Å². The van der Waals surface area contributed by atoms with Crippen LogP contribution < -0.4 is 31.9 Å². The van der Waals surface area contributed by atoms with E-state index in [1.165, 1.54) is 41.5 Å². The zero-order chi connectivity index (χ0) is 81.0. The van der Waals surface area contributed by atoms with Crippen LogP contribution in [0.2, 0.25) is 0 Å². The molecule has 0 aromatic rings. The molecule has 9 unspecified atom stereocenters. The van der Waals surface area contributed by atoms with Crippen LogP contribution in [0, 0.1) is 0 Å². The van der Waals surface area contributed by atoms with Gasteiger partial charge < -0.3 is 108 Å². The molecule has 3 rings (SSSR count). The smallest absolute Gasteiger partial charge is 0.303 e. The predicted molar refractivity (Wildman–Crippen MR) is 378 cm³/mol. The van der Waals surface area contributed by atoms with Crippen molar-refractivity contribution in [1.82, 2.24) is 36.8 Å². The van der Waals surface area contributed by atoms with Gasteiger partial charge in [-0.2, -0.15) is 0 Å². The number of unbranched alkanes of at least 4 members (excludes halogenated alkanes) is 9. The predicted octanol–water partition coefficient (Wildman–Crippen LogP) is 1.68. The van der Waals surface area contributed by atoms with E-state index in [4.69, 9.17) is 71.1 Å². The first-order valence-corrected chi connectivity index (χ1v) is 37.3. The van der Waals surface area contributed by atoms with Crippen molar-refractivity contribution >= 4 is 89.2 Å². The maximum absolute atomic E-state index is 13.9. The summed E-state index contributed by atoms with van der Waals surface area (Å²) in [6.45, 7) is 16.2. The highest BCUT2D eigenvalue weighted by Crippen LogP contribution is 2.32. The van der Waals surface area contributed by atoms with Crippen molar-refractivity contribution < 1.29 is 143 Å². The zero-order valence-corrected chi connectivity index (χ0v) is 65.1. The molecule has 0 spiro atoms. The summed E-state index contributed by atoms with van der Waals surface area (Å²) in [5, 5.41) is 17.3. The van der Waals surface area contributed by atoms with Gasteiger partial charge in [-0.1, -0.05) is 38.5 Å². The van der Waals surface area contributed by atoms with Crippen LogP contribution in [0.15, 0.2) is 0 Å². The first-order chi connectivity index (χ1) is 51.8. The van der Waals surface area contributed by atoms with E-state index in [0.717, 1.165) is 41.5 Å². The van der Waals surface area contributed by atoms with Crippen molar-refractivity contribution in [3.05, 3.63) is 0 Å². The molecule has 0 radical (unpaired) electrons. The molecule has 3 heterocycles. The molecule has 0 aromatic carbocycles. The van der Waals surface area contributed by atoms with Crippen LogP contribution >= 0.6 is 0 Å². The molecular formula is C72H117N7O30. The van der Waals surface area contributed by atoms with E-state index >= 15 is 0 Å². The lowest BCUT2D eigenvalue weighted by Crippen LogP contribution is -2.66. The van der Waals surface area contributed by atoms with Crippen LogP contribution in [0.5, 0.6) is 0 Å². The van der Waals surface area contributed by atoms with E-state index in [0.29, 0.717) is 142 Å². The van der Waals surface area contributed by atoms with E-state index < -0.39 is 163 Å². The van der Waals surface area contributed by atoms with Crippen molar-refractivity contribution in [3.63, 3.8) is 0 Å². The number of amides is 6. The number of esters is 9. The van der Waals surface area contributed by atoms with Crippen LogP contribution in [0.4, 0.5) is 0 Å². The van der Waals surface area contributed by atoms with Crippen LogP contribution in [0.1, 0.15) is 199 Å². The normalized spacial score (nSPS) is 23.5. The van der Waals surface area contributed by atoms with Gasteiger partial charge in [-0.15, -0.1) is 0 Å². The third kappa shape index (κ3) is 39.8. The van der Waals surface area contributed by atoms with E-state index in [1.54, 1.807) is 4.90 Å². The average Bonchev–Trinajstić information content (AvgIpc) is 0.801. The number of carbonyl (C=O) groups is 15. The molecule has 6 amide bonds. The summed E-state index contributed by atoms with van der Waals surface area (Å²) in [5.74, 6) is -8.17. The third-order valence-electron chi connectivity index (χ3n) is 16.9. The number of nitrogens with zero attached hydrogens (tertiary/aromatic N) is 1. The van der Waals surface area contributed by atoms with Crippen molar-refractivity contribution in [1.29, 1.82) is 0 Å². The highest BCUT2D eigenvalue weighted by Gasteiger charge is 2.54. The SMILES string of the molecule is CC(=O)NC1C(OC(C)=O)[C@@H](OC(C)=O)C(COC(C)=O)O[C@H]1OCCCCCCC(=O)NCCCNCCCN(CCCNC(=O)CCCCCCO[C@@H]1OC(COC(C)=O)[C@H](OC(C)=O)C(OC(C)=O)C1NC(C)=O)C(=O)CCCCCCO[C@@H]1OC(COC(C)=O)[C@H](OC(C)=O)C(OC(C)=O)C1NC(C)=O. The molecule has 15 atom stereocenters. The number of rotatable bonds is 51. The Labute approximate surface area is 636 Å². The molecular weight excluding hydrogens is 1440 g/mol. The van der Waals surface area contributed by atoms with Gasteiger partial charge >= 0.3 is 53.7 Å². The lowest BCUT2D eigenvalue weighted by Gasteiger charge is -2.44. The average molecular weight is 1560 g/mol. The van der Waals surface area contributed by atoms with Gasteiger partial charge in [0, 0.05) is 148 Å². The van der Waals surface area contributed by atoms with Gasteiger partial charge in [-0.25, -0.2) is 0 Å². The second-order valence-corrected chi connectivity index (χ2v) is 26.7. The Kier molecular flexibility index (Phi) is 46.0. The zero-order valence-electron chi connectivity index (χ0n) is 65.1. The van der Waals surface area contributed by atoms with Crippen molar-refractivity contribution in [2.75, 3.05) is 78.9 Å². The second-order valence-electron chi connectivity index (χ2n) is 26.7. The Bertz CT molecular complexity index is 2930. The minimum atomic E-state index is -1.27. The number of ether oxygens (including phenoxy) is 15. The molecule has 3 aliphatic rings. The molecule has 0 bridgehead atoms. The summed E-state index contributed by atoms with van der Waals surface area (Å²) in [4.78, 5) is 187. The largest absolute Gasteiger partial charge is 0.463 e. The first-order valence-electron chi connectivity index (χ1n) is 37.3. The Morgan fingerprint density at radius 2 is 0.578 bits per heavy atom. The van der Waals surface area contributed by atoms with E-state index in [1.807, 2.05) is 0 Å². The van der Waals surface area contributed by atoms with Crippen LogP contribution in [0.25, 0.3) is 0 Å². The fraction of sp³-hybridized carbons (Fsp3) is 0.792. The number of hydrogen-bond acceptors (Lipinski definition) is 31. The number of carbonyl (C=O) groups excluding carboxylic acids is 15. The summed E-state index contributed by atoms with van der Waals surface area (Å²) in [6.07, 6.45) is -4.79. The number of nitrogens with one attached hydrogen (secondary N) is 6. The van der Waals surface area contributed by atoms with Gasteiger partial charge in [-0.05, 0) is 70.9 Å². The van der Waals surface area contributed by atoms with E-state index in [9.17, 15) is 71.9 Å². The topological polar surface area (TPSA) is 470 Å². The summed E-state index contributed by atoms with van der Waals surface area (Å²) < 4.78 is 84.7. The molecule has 37 nitrogen and oxygen atoms in total. The molecule has 37 heteroatoms. The van der Waals surface area contributed by atoms with E-state index in [-0.39, 0.29) is 70.2 Å². The molecule has 6 N–H and O–H groups in total. The minimum absolute atomic E-state index is 0.0717. The summed E-state index contributed by atoms with van der Waals surface area (Å²) in [5.41, 5.74) is 0. The fourth-order valence-corrected chi connectivity index (χ4v) is 12.3. The molecule has 0 saturated carbocycles. The summed E-state index contributed by atoms with van der Waals surface area (Å²) in [6, 6.07) is -3.30. The van der Waals surface area contributed by atoms with Crippen molar-refractivity contribution in [3.8, 4) is 0 Å². The molecule has 620 valence electrons. The second kappa shape index (κ2) is 52.8. The van der Waals surface area contributed by atoms with Gasteiger partial charge in [0.25, 0.3) is 0 Å². The highest BCUT2D eigenvalue weighted by molar-refractivity contribution is 5.78. The molecule has 0 aromatic heterocycles. The highest BCUT2D eigenvalue weighted by atomic mass is 16.7. The van der Waals surface area contributed by atoms with Gasteiger partial charge in [0.05, 0.1) is 0 Å². The Hall–Kier alpha value is -8.23. The minimum Gasteiger partial charge on any atom is -0.463 e. The lowest BCUT2D eigenvalue weighted by atomic mass is 9.96. The fourth-order valence-electron chi connectivity index (χ4n) is 12.3. The Morgan fingerprint density at radius 3 is 0.881 bits per heavy atom. The Balaban J connectivity index is 1.52. The molecule has 3 aliphatic heterocycles. The Morgan fingerprint density at radius 1 is 0.303 bits per heavy atom. The van der Waals surface area contributed by atoms with Crippen LogP contribution in [-0.2, 0) is 143 Å². The maximum Gasteiger partial charge on any atom is 0.303 e. The lowest BCUT2D eigenvalue weighted by molar-refractivity contribution is -0.277. The molecule has 3 saturated heterocycles. The van der Waals surface area contributed by atoms with Gasteiger partial charge in [0.1, 0.15) is 56.3 Å². The third-order valence-corrected chi connectivity index (χ3v) is 16.9. The van der Waals surface area contributed by atoms with Crippen LogP contribution in [-0.4, -0.2) is 265 Å². The van der Waals surface area contributed by atoms with Crippen molar-refractivity contribution in [2.24, 2.45) is 0 Å². The molecule has 3 fully saturated rings. The van der Waals surface area contributed by atoms with Gasteiger partial charge in [0.15, 0.2) is 55.5 Å².